The SMILES string of the molecule is COC1(c2cc(F)cc(Sc3ccc(/C(C)=N/O)cc3)c2)CCN(CC(F)(F)F)C1. The summed E-state index contributed by atoms with van der Waals surface area (Å²) in [7, 11) is 1.44. The molecule has 1 N–H and O–H groups in total. The van der Waals surface area contributed by atoms with Gasteiger partial charge in [0.25, 0.3) is 0 Å². The first kappa shape index (κ1) is 22.6. The number of methoxy groups -OCH3 is 1. The smallest absolute Gasteiger partial charge is 0.401 e. The van der Waals surface area contributed by atoms with Gasteiger partial charge in [0.05, 0.1) is 12.3 Å². The van der Waals surface area contributed by atoms with Crippen molar-refractivity contribution in [3.8, 4) is 0 Å². The van der Waals surface area contributed by atoms with Gasteiger partial charge in [-0.1, -0.05) is 29.1 Å². The molecule has 0 amide bonds. The second-order valence-corrected chi connectivity index (χ2v) is 8.41. The van der Waals surface area contributed by atoms with Gasteiger partial charge >= 0.3 is 6.18 Å². The topological polar surface area (TPSA) is 45.1 Å². The number of rotatable bonds is 6. The summed E-state index contributed by atoms with van der Waals surface area (Å²) in [6, 6.07) is 11.7. The lowest BCUT2D eigenvalue weighted by atomic mass is 9.92. The average Bonchev–Trinajstić information content (AvgIpc) is 3.10. The Bertz CT molecular complexity index is 918. The Morgan fingerprint density at radius 3 is 2.50 bits per heavy atom. The van der Waals surface area contributed by atoms with Crippen molar-refractivity contribution in [3.05, 3.63) is 59.4 Å². The van der Waals surface area contributed by atoms with Gasteiger partial charge in [-0.05, 0) is 54.8 Å². The summed E-state index contributed by atoms with van der Waals surface area (Å²) in [6.45, 7) is 0.928. The molecule has 30 heavy (non-hydrogen) atoms. The van der Waals surface area contributed by atoms with Gasteiger partial charge in [-0.25, -0.2) is 4.39 Å². The van der Waals surface area contributed by atoms with E-state index in [9.17, 15) is 17.6 Å². The standard InChI is InChI=1S/C21H22F4N2O2S/c1-14(26-28)15-3-5-18(6-4-15)30-19-10-16(9-17(22)11-19)20(29-2)7-8-27(12-20)13-21(23,24)25/h3-6,9-11,28H,7-8,12-13H2,1-2H3/b26-14+. The van der Waals surface area contributed by atoms with Crippen molar-refractivity contribution in [2.75, 3.05) is 26.7 Å². The second kappa shape index (κ2) is 8.95. The maximum Gasteiger partial charge on any atom is 0.401 e. The summed E-state index contributed by atoms with van der Waals surface area (Å²) < 4.78 is 58.3. The van der Waals surface area contributed by atoms with E-state index in [0.29, 0.717) is 22.6 Å². The predicted molar refractivity (Wildman–Crippen MR) is 107 cm³/mol. The molecular weight excluding hydrogens is 420 g/mol. The normalized spacial score (nSPS) is 20.7. The Kier molecular flexibility index (Phi) is 6.74. The van der Waals surface area contributed by atoms with Gasteiger partial charge in [-0.3, -0.25) is 4.90 Å². The molecule has 2 aromatic rings. The van der Waals surface area contributed by atoms with Crippen LogP contribution in [0.2, 0.25) is 0 Å². The summed E-state index contributed by atoms with van der Waals surface area (Å²) >= 11 is 1.33. The van der Waals surface area contributed by atoms with Crippen LogP contribution in [0.4, 0.5) is 17.6 Å². The third-order valence-electron chi connectivity index (χ3n) is 5.16. The molecule has 0 aliphatic carbocycles. The minimum atomic E-state index is -4.29. The Balaban J connectivity index is 1.82. The molecular formula is C21H22F4N2O2S. The minimum absolute atomic E-state index is 0.0467. The molecule has 0 aromatic heterocycles. The van der Waals surface area contributed by atoms with E-state index in [1.807, 2.05) is 12.1 Å². The molecule has 0 spiro atoms. The van der Waals surface area contributed by atoms with Crippen LogP contribution >= 0.6 is 11.8 Å². The van der Waals surface area contributed by atoms with E-state index in [-0.39, 0.29) is 13.1 Å². The summed E-state index contributed by atoms with van der Waals surface area (Å²) in [5.41, 5.74) is 0.778. The highest BCUT2D eigenvalue weighted by Gasteiger charge is 2.43. The molecule has 2 aromatic carbocycles. The number of benzene rings is 2. The van der Waals surface area contributed by atoms with Crippen LogP contribution in [-0.4, -0.2) is 48.7 Å². The quantitative estimate of drug-likeness (QED) is 0.286. The zero-order valence-electron chi connectivity index (χ0n) is 16.5. The Morgan fingerprint density at radius 2 is 1.90 bits per heavy atom. The van der Waals surface area contributed by atoms with Gasteiger partial charge in [-0.15, -0.1) is 0 Å². The number of alkyl halides is 3. The van der Waals surface area contributed by atoms with E-state index in [1.165, 1.54) is 35.9 Å². The Hall–Kier alpha value is -2.10. The molecule has 1 fully saturated rings. The first-order chi connectivity index (χ1) is 14.1. The number of hydrogen-bond acceptors (Lipinski definition) is 5. The van der Waals surface area contributed by atoms with Crippen LogP contribution < -0.4 is 0 Å². The summed E-state index contributed by atoms with van der Waals surface area (Å²) in [6.07, 6.45) is -3.94. The lowest BCUT2D eigenvalue weighted by molar-refractivity contribution is -0.146. The number of hydrogen-bond donors (Lipinski definition) is 1. The fourth-order valence-electron chi connectivity index (χ4n) is 3.61. The van der Waals surface area contributed by atoms with Gasteiger partial charge < -0.3 is 9.94 Å². The van der Waals surface area contributed by atoms with Crippen molar-refractivity contribution in [3.63, 3.8) is 0 Å². The lowest BCUT2D eigenvalue weighted by Crippen LogP contribution is -2.37. The molecule has 1 saturated heterocycles. The van der Waals surface area contributed by atoms with Gasteiger partial charge in [0.2, 0.25) is 0 Å². The number of halogens is 4. The second-order valence-electron chi connectivity index (χ2n) is 7.26. The number of nitrogens with zero attached hydrogens (tertiary/aromatic N) is 2. The summed E-state index contributed by atoms with van der Waals surface area (Å²) in [4.78, 5) is 2.75. The maximum absolute atomic E-state index is 14.4. The average molecular weight is 442 g/mol. The Labute approximate surface area is 176 Å². The molecule has 3 rings (SSSR count). The fourth-order valence-corrected chi connectivity index (χ4v) is 4.51. The summed E-state index contributed by atoms with van der Waals surface area (Å²) in [5.74, 6) is -0.472. The van der Waals surface area contributed by atoms with Crippen molar-refractivity contribution >= 4 is 17.5 Å². The van der Waals surface area contributed by atoms with Crippen LogP contribution in [0.3, 0.4) is 0 Å². The van der Waals surface area contributed by atoms with Crippen molar-refractivity contribution < 1.29 is 27.5 Å². The zero-order valence-corrected chi connectivity index (χ0v) is 17.4. The number of ether oxygens (including phenoxy) is 1. The van der Waals surface area contributed by atoms with E-state index in [0.717, 1.165) is 10.5 Å². The molecule has 4 nitrogen and oxygen atoms in total. The van der Waals surface area contributed by atoms with Crippen molar-refractivity contribution in [1.29, 1.82) is 0 Å². The summed E-state index contributed by atoms with van der Waals surface area (Å²) in [5, 5.41) is 12.0. The van der Waals surface area contributed by atoms with E-state index in [2.05, 4.69) is 5.16 Å². The van der Waals surface area contributed by atoms with E-state index >= 15 is 0 Å². The predicted octanol–water partition coefficient (Wildman–Crippen LogP) is 5.28. The molecule has 1 aliphatic heterocycles. The van der Waals surface area contributed by atoms with Crippen molar-refractivity contribution in [1.82, 2.24) is 4.90 Å². The largest absolute Gasteiger partial charge is 0.411 e. The molecule has 0 bridgehead atoms. The highest BCUT2D eigenvalue weighted by atomic mass is 32.2. The van der Waals surface area contributed by atoms with Crippen molar-refractivity contribution in [2.45, 2.75) is 34.9 Å². The van der Waals surface area contributed by atoms with Crippen molar-refractivity contribution in [2.24, 2.45) is 5.16 Å². The molecule has 1 heterocycles. The van der Waals surface area contributed by atoms with Crippen LogP contribution in [0, 0.1) is 5.82 Å². The molecule has 1 unspecified atom stereocenters. The molecule has 9 heteroatoms. The zero-order chi connectivity index (χ0) is 21.9. The molecule has 0 radical (unpaired) electrons. The van der Waals surface area contributed by atoms with Crippen LogP contribution in [0.1, 0.15) is 24.5 Å². The maximum atomic E-state index is 14.4. The molecule has 1 aliphatic rings. The Morgan fingerprint density at radius 1 is 1.20 bits per heavy atom. The van der Waals surface area contributed by atoms with Gasteiger partial charge in [-0.2, -0.15) is 13.2 Å². The highest BCUT2D eigenvalue weighted by molar-refractivity contribution is 7.99. The van der Waals surface area contributed by atoms with Gasteiger partial charge in [0.15, 0.2) is 0 Å². The van der Waals surface area contributed by atoms with Crippen LogP contribution in [0.25, 0.3) is 0 Å². The fraction of sp³-hybridized carbons (Fsp3) is 0.381. The number of oxime groups is 1. The number of likely N-dealkylation sites (tertiary alicyclic amines) is 1. The van der Waals surface area contributed by atoms with Gasteiger partial charge in [0, 0.05) is 30.0 Å². The highest BCUT2D eigenvalue weighted by Crippen LogP contribution is 2.39. The minimum Gasteiger partial charge on any atom is -0.411 e. The first-order valence-electron chi connectivity index (χ1n) is 9.26. The molecule has 0 saturated carbocycles. The van der Waals surface area contributed by atoms with Crippen LogP contribution in [-0.2, 0) is 10.3 Å². The third kappa shape index (κ3) is 5.33. The van der Waals surface area contributed by atoms with Gasteiger partial charge in [0.1, 0.15) is 11.4 Å². The molecule has 162 valence electrons. The van der Waals surface area contributed by atoms with E-state index < -0.39 is 24.1 Å². The first-order valence-corrected chi connectivity index (χ1v) is 10.1. The molecule has 1 atom stereocenters. The monoisotopic (exact) mass is 442 g/mol. The van der Waals surface area contributed by atoms with E-state index in [4.69, 9.17) is 9.94 Å². The van der Waals surface area contributed by atoms with E-state index in [1.54, 1.807) is 25.1 Å². The lowest BCUT2D eigenvalue weighted by Gasteiger charge is -2.29. The third-order valence-corrected chi connectivity index (χ3v) is 6.14. The van der Waals surface area contributed by atoms with Crippen LogP contribution in [0.5, 0.6) is 0 Å². The van der Waals surface area contributed by atoms with Crippen LogP contribution in [0.15, 0.2) is 57.4 Å².